The lowest BCUT2D eigenvalue weighted by Gasteiger charge is -1.98. The summed E-state index contributed by atoms with van der Waals surface area (Å²) in [5.41, 5.74) is 2.29. The smallest absolute Gasteiger partial charge is 0.118 e. The van der Waals surface area contributed by atoms with Crippen LogP contribution in [0.15, 0.2) is 57.2 Å². The van der Waals surface area contributed by atoms with Crippen molar-refractivity contribution >= 4 is 27.3 Å². The summed E-state index contributed by atoms with van der Waals surface area (Å²) < 4.78 is 0.968. The number of hydrogen-bond donors (Lipinski definition) is 1. The Kier molecular flexibility index (Phi) is 3.54. The second-order valence-electron chi connectivity index (χ2n) is 3.65. The van der Waals surface area contributed by atoms with E-state index in [0.29, 0.717) is 0 Å². The summed E-state index contributed by atoms with van der Waals surface area (Å²) in [5, 5.41) is 17.6. The van der Waals surface area contributed by atoms with Gasteiger partial charge in [0.15, 0.2) is 0 Å². The van der Waals surface area contributed by atoms with E-state index in [2.05, 4.69) is 26.2 Å². The van der Waals surface area contributed by atoms with E-state index in [1.165, 1.54) is 0 Å². The Labute approximate surface area is 108 Å². The molecule has 0 radical (unpaired) electrons. The molecule has 2 aromatic rings. The second-order valence-corrected chi connectivity index (χ2v) is 4.57. The van der Waals surface area contributed by atoms with E-state index in [4.69, 9.17) is 0 Å². The lowest BCUT2D eigenvalue weighted by atomic mass is 10.2. The van der Waals surface area contributed by atoms with Gasteiger partial charge in [0.25, 0.3) is 0 Å². The molecule has 0 saturated heterocycles. The third-order valence-electron chi connectivity index (χ3n) is 2.27. The van der Waals surface area contributed by atoms with Crippen LogP contribution in [0.5, 0.6) is 5.75 Å². The van der Waals surface area contributed by atoms with Crippen LogP contribution < -0.4 is 0 Å². The van der Waals surface area contributed by atoms with E-state index in [1.807, 2.05) is 31.2 Å². The lowest BCUT2D eigenvalue weighted by molar-refractivity contribution is 0.471. The molecule has 0 atom stereocenters. The molecule has 86 valence electrons. The molecular weight excluding hydrogens is 280 g/mol. The number of hydrogen-bond acceptors (Lipinski definition) is 3. The van der Waals surface area contributed by atoms with E-state index in [0.717, 1.165) is 21.4 Å². The minimum Gasteiger partial charge on any atom is -0.508 e. The summed E-state index contributed by atoms with van der Waals surface area (Å²) in [6.45, 7) is 1.83. The van der Waals surface area contributed by atoms with Crippen LogP contribution in [0, 0.1) is 6.92 Å². The van der Waals surface area contributed by atoms with Crippen LogP contribution in [0.3, 0.4) is 0 Å². The Balaban J connectivity index is 2.23. The molecule has 1 N–H and O–H groups in total. The molecular formula is C13H11BrN2O. The molecule has 0 fully saturated rings. The maximum absolute atomic E-state index is 9.39. The van der Waals surface area contributed by atoms with Crippen molar-refractivity contribution < 1.29 is 5.11 Å². The summed E-state index contributed by atoms with van der Waals surface area (Å²) in [4.78, 5) is 0. The third-order valence-corrected chi connectivity index (χ3v) is 2.76. The largest absolute Gasteiger partial charge is 0.508 e. The summed E-state index contributed by atoms with van der Waals surface area (Å²) >= 11 is 3.37. The zero-order chi connectivity index (χ0) is 12.3. The number of halogens is 1. The monoisotopic (exact) mass is 290 g/mol. The van der Waals surface area contributed by atoms with Crippen LogP contribution in [-0.2, 0) is 0 Å². The van der Waals surface area contributed by atoms with E-state index < -0.39 is 0 Å². The molecule has 0 saturated carbocycles. The van der Waals surface area contributed by atoms with Gasteiger partial charge in [0.05, 0.1) is 11.4 Å². The van der Waals surface area contributed by atoms with Crippen molar-refractivity contribution in [1.29, 1.82) is 0 Å². The average molecular weight is 291 g/mol. The molecule has 0 aromatic heterocycles. The number of benzene rings is 2. The highest BCUT2D eigenvalue weighted by Crippen LogP contribution is 2.25. The number of phenolic OH excluding ortho intramolecular Hbond substituents is 1. The molecule has 0 bridgehead atoms. The normalized spacial score (nSPS) is 10.9. The Morgan fingerprint density at radius 1 is 1.00 bits per heavy atom. The first-order valence-corrected chi connectivity index (χ1v) is 5.91. The molecule has 0 spiro atoms. The van der Waals surface area contributed by atoms with Gasteiger partial charge in [-0.25, -0.2) is 0 Å². The zero-order valence-corrected chi connectivity index (χ0v) is 10.8. The van der Waals surface area contributed by atoms with Gasteiger partial charge in [0.2, 0.25) is 0 Å². The quantitative estimate of drug-likeness (QED) is 0.787. The Hall–Kier alpha value is -1.68. The van der Waals surface area contributed by atoms with E-state index in [-0.39, 0.29) is 5.75 Å². The first-order valence-electron chi connectivity index (χ1n) is 5.12. The Morgan fingerprint density at radius 2 is 1.71 bits per heavy atom. The average Bonchev–Trinajstić information content (AvgIpc) is 2.31. The van der Waals surface area contributed by atoms with Crippen LogP contribution in [0.2, 0.25) is 0 Å². The Morgan fingerprint density at radius 3 is 2.35 bits per heavy atom. The molecule has 0 amide bonds. The minimum atomic E-state index is 0.270. The van der Waals surface area contributed by atoms with Gasteiger partial charge in [-0.2, -0.15) is 10.2 Å². The van der Waals surface area contributed by atoms with Gasteiger partial charge < -0.3 is 5.11 Å². The van der Waals surface area contributed by atoms with Gasteiger partial charge in [0, 0.05) is 4.47 Å². The number of phenols is 1. The lowest BCUT2D eigenvalue weighted by Crippen LogP contribution is -1.72. The summed E-state index contributed by atoms with van der Waals surface area (Å²) in [6.07, 6.45) is 0. The molecule has 4 heteroatoms. The highest BCUT2D eigenvalue weighted by atomic mass is 79.9. The molecule has 0 heterocycles. The van der Waals surface area contributed by atoms with Crippen molar-refractivity contribution in [3.63, 3.8) is 0 Å². The van der Waals surface area contributed by atoms with Crippen molar-refractivity contribution in [1.82, 2.24) is 0 Å². The van der Waals surface area contributed by atoms with Gasteiger partial charge >= 0.3 is 0 Å². The maximum Gasteiger partial charge on any atom is 0.118 e. The highest BCUT2D eigenvalue weighted by Gasteiger charge is 1.97. The highest BCUT2D eigenvalue weighted by molar-refractivity contribution is 9.10. The fourth-order valence-electron chi connectivity index (χ4n) is 1.36. The fourth-order valence-corrected chi connectivity index (χ4v) is 1.74. The number of azo groups is 1. The number of nitrogens with zero attached hydrogens (tertiary/aromatic N) is 2. The molecule has 0 aliphatic carbocycles. The first kappa shape index (κ1) is 11.8. The molecule has 0 unspecified atom stereocenters. The molecule has 0 aliphatic rings. The predicted octanol–water partition coefficient (Wildman–Crippen LogP) is 4.88. The summed E-state index contributed by atoms with van der Waals surface area (Å²) in [6, 6.07) is 12.7. The van der Waals surface area contributed by atoms with Gasteiger partial charge in [0.1, 0.15) is 5.75 Å². The maximum atomic E-state index is 9.39. The van der Waals surface area contributed by atoms with Crippen molar-refractivity contribution in [2.45, 2.75) is 6.92 Å². The van der Waals surface area contributed by atoms with E-state index in [1.54, 1.807) is 18.2 Å². The Bertz CT molecular complexity index is 567. The van der Waals surface area contributed by atoms with Crippen LogP contribution in [0.4, 0.5) is 11.4 Å². The number of aromatic hydroxyl groups is 1. The van der Waals surface area contributed by atoms with Crippen LogP contribution in [0.25, 0.3) is 0 Å². The minimum absolute atomic E-state index is 0.270. The zero-order valence-electron chi connectivity index (χ0n) is 9.26. The van der Waals surface area contributed by atoms with Gasteiger partial charge in [-0.3, -0.25) is 0 Å². The van der Waals surface area contributed by atoms with Gasteiger partial charge in [-0.05, 0) is 48.9 Å². The van der Waals surface area contributed by atoms with Crippen molar-refractivity contribution in [2.75, 3.05) is 0 Å². The fraction of sp³-hybridized carbons (Fsp3) is 0.0769. The summed E-state index contributed by atoms with van der Waals surface area (Å²) in [5.74, 6) is 0.270. The number of rotatable bonds is 2. The van der Waals surface area contributed by atoms with Crippen LogP contribution in [-0.4, -0.2) is 5.11 Å². The molecule has 17 heavy (non-hydrogen) atoms. The number of aryl methyl sites for hydroxylation is 1. The standard InChI is InChI=1S/C13H11BrN2O/c1-9-7-12(5-6-13(9)17)16-15-11-4-2-3-10(14)8-11/h2-8,17H,1H3. The van der Waals surface area contributed by atoms with Crippen LogP contribution >= 0.6 is 15.9 Å². The van der Waals surface area contributed by atoms with E-state index >= 15 is 0 Å². The van der Waals surface area contributed by atoms with Crippen LogP contribution in [0.1, 0.15) is 5.56 Å². The van der Waals surface area contributed by atoms with Gasteiger partial charge in [-0.15, -0.1) is 0 Å². The van der Waals surface area contributed by atoms with Crippen molar-refractivity contribution in [3.8, 4) is 5.75 Å². The first-order chi connectivity index (χ1) is 8.15. The summed E-state index contributed by atoms with van der Waals surface area (Å²) in [7, 11) is 0. The molecule has 2 aromatic carbocycles. The molecule has 3 nitrogen and oxygen atoms in total. The SMILES string of the molecule is Cc1cc(N=Nc2cccc(Br)c2)ccc1O. The van der Waals surface area contributed by atoms with Crippen molar-refractivity contribution in [2.24, 2.45) is 10.2 Å². The topological polar surface area (TPSA) is 45.0 Å². The molecule has 0 aliphatic heterocycles. The second kappa shape index (κ2) is 5.10. The van der Waals surface area contributed by atoms with E-state index in [9.17, 15) is 5.11 Å². The third kappa shape index (κ3) is 3.14. The van der Waals surface area contributed by atoms with Gasteiger partial charge in [-0.1, -0.05) is 22.0 Å². The van der Waals surface area contributed by atoms with Crippen molar-refractivity contribution in [3.05, 3.63) is 52.5 Å². The predicted molar refractivity (Wildman–Crippen MR) is 71.2 cm³/mol. The molecule has 2 rings (SSSR count).